The smallest absolute Gasteiger partial charge is 0.123 e. The van der Waals surface area contributed by atoms with Gasteiger partial charge in [0.2, 0.25) is 0 Å². The van der Waals surface area contributed by atoms with Crippen LogP contribution in [0.15, 0.2) is 54.6 Å². The van der Waals surface area contributed by atoms with Crippen LogP contribution < -0.4 is 0 Å². The molecule has 2 aromatic carbocycles. The van der Waals surface area contributed by atoms with Crippen molar-refractivity contribution in [2.45, 2.75) is 13.5 Å². The second kappa shape index (κ2) is 6.35. The molecule has 1 aromatic heterocycles. The van der Waals surface area contributed by atoms with Gasteiger partial charge in [0, 0.05) is 29.2 Å². The third-order valence-electron chi connectivity index (χ3n) is 3.42. The monoisotopic (exact) mass is 271 g/mol. The first-order valence-electron chi connectivity index (χ1n) is 6.49. The molecule has 2 nitrogen and oxygen atoms in total. The molecule has 0 unspecified atom stereocenters. The zero-order chi connectivity index (χ0) is 14.5. The first-order chi connectivity index (χ1) is 9.65. The van der Waals surface area contributed by atoms with E-state index in [4.69, 9.17) is 0 Å². The molecule has 0 spiro atoms. The number of aromatic nitrogens is 1. The third kappa shape index (κ3) is 2.89. The lowest BCUT2D eigenvalue weighted by molar-refractivity contribution is 0.282. The Hall–Kier alpha value is -2.13. The summed E-state index contributed by atoms with van der Waals surface area (Å²) in [6, 6.07) is 16.1. The predicted molar refractivity (Wildman–Crippen MR) is 80.0 cm³/mol. The van der Waals surface area contributed by atoms with E-state index < -0.39 is 0 Å². The number of para-hydroxylation sites is 1. The van der Waals surface area contributed by atoms with E-state index in [1.54, 1.807) is 18.2 Å². The van der Waals surface area contributed by atoms with E-state index in [1.165, 1.54) is 17.6 Å². The van der Waals surface area contributed by atoms with Crippen LogP contribution in [-0.4, -0.2) is 9.67 Å². The van der Waals surface area contributed by atoms with Crippen LogP contribution in [0.5, 0.6) is 0 Å². The van der Waals surface area contributed by atoms with Gasteiger partial charge in [0.05, 0.1) is 6.61 Å². The number of aryl methyl sites for hydroxylation is 1. The summed E-state index contributed by atoms with van der Waals surface area (Å²) in [5.74, 6) is -0.178. The molecule has 0 fully saturated rings. The van der Waals surface area contributed by atoms with Gasteiger partial charge in [-0.25, -0.2) is 4.39 Å². The van der Waals surface area contributed by atoms with Crippen molar-refractivity contribution in [2.24, 2.45) is 7.05 Å². The molecule has 1 heterocycles. The maximum atomic E-state index is 11.9. The van der Waals surface area contributed by atoms with Crippen molar-refractivity contribution in [1.82, 2.24) is 4.57 Å². The maximum absolute atomic E-state index is 11.9. The molecule has 0 saturated carbocycles. The Kier molecular flexibility index (Phi) is 4.53. The fourth-order valence-corrected chi connectivity index (χ4v) is 2.21. The Morgan fingerprint density at radius 2 is 1.60 bits per heavy atom. The summed E-state index contributed by atoms with van der Waals surface area (Å²) >= 11 is 0. The fraction of sp³-hybridized carbons (Fsp3) is 0.176. The number of nitrogens with zero attached hydrogens (tertiary/aromatic N) is 1. The molecule has 0 aliphatic rings. The molecule has 3 aromatic rings. The lowest BCUT2D eigenvalue weighted by Crippen LogP contribution is -1.91. The topological polar surface area (TPSA) is 25.2 Å². The highest BCUT2D eigenvalue weighted by atomic mass is 19.1. The van der Waals surface area contributed by atoms with Crippen LogP contribution in [0.4, 0.5) is 4.39 Å². The van der Waals surface area contributed by atoms with Gasteiger partial charge in [-0.1, -0.05) is 36.4 Å². The predicted octanol–water partition coefficient (Wildman–Crippen LogP) is 3.80. The standard InChI is InChI=1S/C11H13NO.C6H5F/c1-8-10(7-13)9-5-3-4-6-11(9)12(8)2;7-6-4-2-1-3-5-6/h3-6,13H,7H2,1-2H3;1-5H. The van der Waals surface area contributed by atoms with Crippen LogP contribution in [0, 0.1) is 12.7 Å². The third-order valence-corrected chi connectivity index (χ3v) is 3.42. The number of rotatable bonds is 1. The largest absolute Gasteiger partial charge is 0.392 e. The summed E-state index contributed by atoms with van der Waals surface area (Å²) in [6.07, 6.45) is 0. The molecule has 0 aliphatic heterocycles. The van der Waals surface area contributed by atoms with Gasteiger partial charge in [-0.05, 0) is 25.1 Å². The van der Waals surface area contributed by atoms with E-state index in [9.17, 15) is 9.50 Å². The average molecular weight is 271 g/mol. The highest BCUT2D eigenvalue weighted by molar-refractivity contribution is 5.85. The molecule has 20 heavy (non-hydrogen) atoms. The fourth-order valence-electron chi connectivity index (χ4n) is 2.21. The molecule has 104 valence electrons. The van der Waals surface area contributed by atoms with Crippen LogP contribution in [0.1, 0.15) is 11.3 Å². The summed E-state index contributed by atoms with van der Waals surface area (Å²) in [5.41, 5.74) is 3.37. The summed E-state index contributed by atoms with van der Waals surface area (Å²) in [6.45, 7) is 2.15. The minimum Gasteiger partial charge on any atom is -0.392 e. The Morgan fingerprint density at radius 1 is 1.00 bits per heavy atom. The normalized spacial score (nSPS) is 10.2. The number of hydrogen-bond acceptors (Lipinski definition) is 1. The lowest BCUT2D eigenvalue weighted by Gasteiger charge is -1.97. The van der Waals surface area contributed by atoms with Crippen molar-refractivity contribution in [3.63, 3.8) is 0 Å². The van der Waals surface area contributed by atoms with Crippen molar-refractivity contribution in [3.8, 4) is 0 Å². The number of aliphatic hydroxyl groups is 1. The molecule has 3 heteroatoms. The Balaban J connectivity index is 0.000000178. The quantitative estimate of drug-likeness (QED) is 0.715. The number of aliphatic hydroxyl groups excluding tert-OH is 1. The second-order valence-corrected chi connectivity index (χ2v) is 4.59. The second-order valence-electron chi connectivity index (χ2n) is 4.59. The molecule has 0 saturated heterocycles. The van der Waals surface area contributed by atoms with Crippen LogP contribution in [0.25, 0.3) is 10.9 Å². The Labute approximate surface area is 118 Å². The SMILES string of the molecule is Cc1c(CO)c2ccccc2n1C.Fc1ccccc1. The molecular formula is C17H18FNO. The summed E-state index contributed by atoms with van der Waals surface area (Å²) in [5, 5.41) is 10.4. The Morgan fingerprint density at radius 3 is 2.15 bits per heavy atom. The molecule has 0 radical (unpaired) electrons. The van der Waals surface area contributed by atoms with E-state index >= 15 is 0 Å². The van der Waals surface area contributed by atoms with Gasteiger partial charge >= 0.3 is 0 Å². The highest BCUT2D eigenvalue weighted by Gasteiger charge is 2.09. The first-order valence-corrected chi connectivity index (χ1v) is 6.49. The van der Waals surface area contributed by atoms with Crippen molar-refractivity contribution >= 4 is 10.9 Å². The van der Waals surface area contributed by atoms with Crippen molar-refractivity contribution < 1.29 is 9.50 Å². The molecule has 3 rings (SSSR count). The number of halogens is 1. The number of hydrogen-bond donors (Lipinski definition) is 1. The van der Waals surface area contributed by atoms with Crippen LogP contribution in [0.3, 0.4) is 0 Å². The molecule has 1 N–H and O–H groups in total. The maximum Gasteiger partial charge on any atom is 0.123 e. The van der Waals surface area contributed by atoms with Gasteiger partial charge in [0.25, 0.3) is 0 Å². The van der Waals surface area contributed by atoms with E-state index in [0.717, 1.165) is 16.6 Å². The minimum atomic E-state index is -0.178. The van der Waals surface area contributed by atoms with Gasteiger partial charge in [-0.15, -0.1) is 0 Å². The zero-order valence-electron chi connectivity index (χ0n) is 11.7. The van der Waals surface area contributed by atoms with E-state index in [0.29, 0.717) is 0 Å². The van der Waals surface area contributed by atoms with Crippen molar-refractivity contribution in [2.75, 3.05) is 0 Å². The molecule has 0 aliphatic carbocycles. The lowest BCUT2D eigenvalue weighted by atomic mass is 10.1. The van der Waals surface area contributed by atoms with Gasteiger partial charge in [0.1, 0.15) is 5.82 Å². The van der Waals surface area contributed by atoms with Crippen LogP contribution in [-0.2, 0) is 13.7 Å². The summed E-state index contributed by atoms with van der Waals surface area (Å²) in [7, 11) is 2.02. The van der Waals surface area contributed by atoms with E-state index in [1.807, 2.05) is 32.2 Å². The van der Waals surface area contributed by atoms with Crippen LogP contribution >= 0.6 is 0 Å². The van der Waals surface area contributed by atoms with Crippen LogP contribution in [0.2, 0.25) is 0 Å². The van der Waals surface area contributed by atoms with Gasteiger partial charge < -0.3 is 9.67 Å². The summed E-state index contributed by atoms with van der Waals surface area (Å²) in [4.78, 5) is 0. The molecule has 0 atom stereocenters. The molecule has 0 bridgehead atoms. The zero-order valence-corrected chi connectivity index (χ0v) is 11.7. The van der Waals surface area contributed by atoms with E-state index in [2.05, 4.69) is 10.6 Å². The minimum absolute atomic E-state index is 0.118. The Bertz CT molecular complexity index is 689. The number of fused-ring (bicyclic) bond motifs is 1. The van der Waals surface area contributed by atoms with Crippen molar-refractivity contribution in [3.05, 3.63) is 71.7 Å². The van der Waals surface area contributed by atoms with E-state index in [-0.39, 0.29) is 12.4 Å². The van der Waals surface area contributed by atoms with Gasteiger partial charge in [-0.3, -0.25) is 0 Å². The van der Waals surface area contributed by atoms with Crippen molar-refractivity contribution in [1.29, 1.82) is 0 Å². The van der Waals surface area contributed by atoms with Gasteiger partial charge in [0.15, 0.2) is 0 Å². The average Bonchev–Trinajstić information content (AvgIpc) is 2.73. The molecular weight excluding hydrogens is 253 g/mol. The highest BCUT2D eigenvalue weighted by Crippen LogP contribution is 2.24. The summed E-state index contributed by atoms with van der Waals surface area (Å²) < 4.78 is 14.0. The first kappa shape index (κ1) is 14.3. The van der Waals surface area contributed by atoms with Gasteiger partial charge in [-0.2, -0.15) is 0 Å². The number of benzene rings is 2. The molecule has 0 amide bonds.